The van der Waals surface area contributed by atoms with Crippen LogP contribution in [0.25, 0.3) is 0 Å². The monoisotopic (exact) mass is 351 g/mol. The van der Waals surface area contributed by atoms with Crippen molar-refractivity contribution in [2.24, 2.45) is 5.92 Å². The fraction of sp³-hybridized carbons (Fsp3) is 0.450. The van der Waals surface area contributed by atoms with Crippen molar-refractivity contribution in [1.82, 2.24) is 9.97 Å². The van der Waals surface area contributed by atoms with Crippen LogP contribution >= 0.6 is 0 Å². The van der Waals surface area contributed by atoms with E-state index >= 15 is 0 Å². The van der Waals surface area contributed by atoms with Crippen LogP contribution < -0.4 is 15.1 Å². The van der Waals surface area contributed by atoms with Crippen LogP contribution in [0.15, 0.2) is 42.7 Å². The van der Waals surface area contributed by atoms with Gasteiger partial charge in [-0.2, -0.15) is 0 Å². The third-order valence-corrected chi connectivity index (χ3v) is 5.23. The van der Waals surface area contributed by atoms with Crippen LogP contribution in [0, 0.1) is 5.92 Å². The molecule has 2 aliphatic rings. The number of carbonyl (C=O) groups excluding carboxylic acids is 1. The van der Waals surface area contributed by atoms with Gasteiger partial charge in [0.2, 0.25) is 5.91 Å². The second-order valence-corrected chi connectivity index (χ2v) is 7.07. The van der Waals surface area contributed by atoms with Gasteiger partial charge in [-0.1, -0.05) is 18.2 Å². The Morgan fingerprint density at radius 2 is 1.65 bits per heavy atom. The Kier molecular flexibility index (Phi) is 5.00. The number of nitrogens with zero attached hydrogens (tertiary/aromatic N) is 4. The minimum Gasteiger partial charge on any atom is -0.356 e. The van der Waals surface area contributed by atoms with Crippen molar-refractivity contribution in [2.75, 3.05) is 41.3 Å². The molecule has 1 aromatic carbocycles. The Labute approximate surface area is 154 Å². The first-order chi connectivity index (χ1) is 12.8. The minimum absolute atomic E-state index is 0.0193. The number of nitrogens with one attached hydrogen (secondary N) is 1. The number of hydrogen-bond donors (Lipinski definition) is 1. The van der Waals surface area contributed by atoms with Gasteiger partial charge in [0, 0.05) is 37.9 Å². The lowest BCUT2D eigenvalue weighted by atomic mass is 9.97. The van der Waals surface area contributed by atoms with Gasteiger partial charge >= 0.3 is 0 Å². The summed E-state index contributed by atoms with van der Waals surface area (Å²) in [4.78, 5) is 26.1. The first kappa shape index (κ1) is 16.8. The summed E-state index contributed by atoms with van der Waals surface area (Å²) in [5, 5.41) is 3.03. The molecule has 1 unspecified atom stereocenters. The van der Waals surface area contributed by atoms with Crippen molar-refractivity contribution >= 4 is 23.2 Å². The number of piperidine rings is 1. The highest BCUT2D eigenvalue weighted by molar-refractivity contribution is 5.93. The van der Waals surface area contributed by atoms with Crippen LogP contribution in [-0.4, -0.2) is 42.1 Å². The van der Waals surface area contributed by atoms with Gasteiger partial charge < -0.3 is 15.1 Å². The van der Waals surface area contributed by atoms with E-state index in [1.807, 2.05) is 30.3 Å². The summed E-state index contributed by atoms with van der Waals surface area (Å²) >= 11 is 0. The summed E-state index contributed by atoms with van der Waals surface area (Å²) in [7, 11) is 0. The molecule has 1 aromatic heterocycles. The number of benzene rings is 1. The molecule has 2 aromatic rings. The van der Waals surface area contributed by atoms with Crippen LogP contribution in [0.1, 0.15) is 25.7 Å². The molecule has 2 aliphatic heterocycles. The van der Waals surface area contributed by atoms with E-state index in [9.17, 15) is 4.79 Å². The molecule has 4 rings (SSSR count). The first-order valence-corrected chi connectivity index (χ1v) is 9.47. The zero-order chi connectivity index (χ0) is 17.8. The largest absolute Gasteiger partial charge is 0.356 e. The van der Waals surface area contributed by atoms with E-state index in [1.165, 1.54) is 12.8 Å². The average molecular weight is 351 g/mol. The van der Waals surface area contributed by atoms with Crippen LogP contribution in [-0.2, 0) is 4.79 Å². The van der Waals surface area contributed by atoms with Gasteiger partial charge in [0.05, 0.1) is 5.92 Å². The summed E-state index contributed by atoms with van der Waals surface area (Å²) < 4.78 is 0. The van der Waals surface area contributed by atoms with Gasteiger partial charge in [-0.05, 0) is 37.8 Å². The highest BCUT2D eigenvalue weighted by Gasteiger charge is 2.27. The molecule has 3 heterocycles. The minimum atomic E-state index is -0.0193. The number of anilines is 3. The lowest BCUT2D eigenvalue weighted by Gasteiger charge is -2.33. The Bertz CT molecular complexity index is 745. The molecule has 0 spiro atoms. The predicted octanol–water partition coefficient (Wildman–Crippen LogP) is 2.93. The third kappa shape index (κ3) is 3.79. The lowest BCUT2D eigenvalue weighted by molar-refractivity contribution is -0.120. The van der Waals surface area contributed by atoms with Crippen molar-refractivity contribution < 1.29 is 4.79 Å². The summed E-state index contributed by atoms with van der Waals surface area (Å²) in [6, 6.07) is 11.7. The van der Waals surface area contributed by atoms with Gasteiger partial charge in [0.25, 0.3) is 0 Å². The predicted molar refractivity (Wildman–Crippen MR) is 103 cm³/mol. The highest BCUT2D eigenvalue weighted by Crippen LogP contribution is 2.26. The SMILES string of the molecule is O=C(Nc1ccccc1)C1CCCN(c2cc(N3CCCC3)ncn2)C1. The topological polar surface area (TPSA) is 61.4 Å². The molecule has 2 fully saturated rings. The highest BCUT2D eigenvalue weighted by atomic mass is 16.1. The maximum Gasteiger partial charge on any atom is 0.229 e. The number of aromatic nitrogens is 2. The smallest absolute Gasteiger partial charge is 0.229 e. The van der Waals surface area contributed by atoms with Crippen LogP contribution in [0.4, 0.5) is 17.3 Å². The molecule has 1 atom stereocenters. The number of rotatable bonds is 4. The summed E-state index contributed by atoms with van der Waals surface area (Å²) in [5.41, 5.74) is 0.855. The Morgan fingerprint density at radius 3 is 2.42 bits per heavy atom. The fourth-order valence-electron chi connectivity index (χ4n) is 3.79. The number of carbonyl (C=O) groups is 1. The van der Waals surface area contributed by atoms with Gasteiger partial charge in [-0.25, -0.2) is 9.97 Å². The molecule has 1 amide bonds. The molecule has 0 bridgehead atoms. The van der Waals surface area contributed by atoms with Gasteiger partial charge in [0.15, 0.2) is 0 Å². The van der Waals surface area contributed by atoms with E-state index in [0.717, 1.165) is 49.8 Å². The summed E-state index contributed by atoms with van der Waals surface area (Å²) in [5.74, 6) is 2.01. The molecular formula is C20H25N5O. The number of para-hydroxylation sites is 1. The second kappa shape index (κ2) is 7.72. The molecule has 26 heavy (non-hydrogen) atoms. The molecular weight excluding hydrogens is 326 g/mol. The van der Waals surface area contributed by atoms with E-state index in [-0.39, 0.29) is 11.8 Å². The fourth-order valence-corrected chi connectivity index (χ4v) is 3.79. The Balaban J connectivity index is 1.43. The molecule has 6 nitrogen and oxygen atoms in total. The molecule has 0 aliphatic carbocycles. The lowest BCUT2D eigenvalue weighted by Crippen LogP contribution is -2.41. The van der Waals surface area contributed by atoms with Crippen LogP contribution in [0.2, 0.25) is 0 Å². The van der Waals surface area contributed by atoms with Crippen molar-refractivity contribution in [3.8, 4) is 0 Å². The molecule has 1 N–H and O–H groups in total. The van der Waals surface area contributed by atoms with Crippen LogP contribution in [0.3, 0.4) is 0 Å². The van der Waals surface area contributed by atoms with Gasteiger partial charge in [-0.15, -0.1) is 0 Å². The van der Waals surface area contributed by atoms with Gasteiger partial charge in [0.1, 0.15) is 18.0 Å². The van der Waals surface area contributed by atoms with Crippen molar-refractivity contribution in [3.05, 3.63) is 42.7 Å². The average Bonchev–Trinajstić information content (AvgIpc) is 3.24. The standard InChI is InChI=1S/C20H25N5O/c26-20(23-17-8-2-1-3-9-17)16-7-6-12-25(14-16)19-13-18(21-15-22-19)24-10-4-5-11-24/h1-3,8-9,13,15-16H,4-7,10-12,14H2,(H,23,26). The van der Waals surface area contributed by atoms with E-state index < -0.39 is 0 Å². The normalized spacial score (nSPS) is 20.2. The molecule has 6 heteroatoms. The maximum atomic E-state index is 12.6. The van der Waals surface area contributed by atoms with E-state index in [0.29, 0.717) is 6.54 Å². The third-order valence-electron chi connectivity index (χ3n) is 5.23. The zero-order valence-corrected chi connectivity index (χ0v) is 15.0. The Hall–Kier alpha value is -2.63. The Morgan fingerprint density at radius 1 is 0.962 bits per heavy atom. The van der Waals surface area contributed by atoms with Crippen LogP contribution in [0.5, 0.6) is 0 Å². The maximum absolute atomic E-state index is 12.6. The molecule has 0 saturated carbocycles. The zero-order valence-electron chi connectivity index (χ0n) is 15.0. The second-order valence-electron chi connectivity index (χ2n) is 7.07. The summed E-state index contributed by atoms with van der Waals surface area (Å²) in [6.45, 7) is 3.78. The van der Waals surface area contributed by atoms with Crippen molar-refractivity contribution in [2.45, 2.75) is 25.7 Å². The van der Waals surface area contributed by atoms with E-state index in [1.54, 1.807) is 6.33 Å². The number of amides is 1. The van der Waals surface area contributed by atoms with Crippen molar-refractivity contribution in [3.63, 3.8) is 0 Å². The van der Waals surface area contributed by atoms with Gasteiger partial charge in [-0.3, -0.25) is 4.79 Å². The van der Waals surface area contributed by atoms with E-state index in [4.69, 9.17) is 0 Å². The first-order valence-electron chi connectivity index (χ1n) is 9.47. The molecule has 0 radical (unpaired) electrons. The quantitative estimate of drug-likeness (QED) is 0.918. The molecule has 2 saturated heterocycles. The van der Waals surface area contributed by atoms with E-state index in [2.05, 4.69) is 31.2 Å². The number of hydrogen-bond acceptors (Lipinski definition) is 5. The summed E-state index contributed by atoms with van der Waals surface area (Å²) in [6.07, 6.45) is 6.02. The van der Waals surface area contributed by atoms with Crippen molar-refractivity contribution in [1.29, 1.82) is 0 Å². The molecule has 136 valence electrons.